The standard InChI is InChI=1S/C27H30O14/c1-9-19(32)21(34)24(37)27(38-9)39-11-4-2-10(3-5-11)15-7-14(31)17-12(29)6-13(30)18(25(17)40-15)26-23(36)22(35)20(33)16(8-28)41-26/h2-7,9,16,19-24,26-30,32-37H,8H2,1H3/t9-,16+,19-,20+,21+,22-,23+,24+,26-,27+/m0/s1. The third-order valence-electron chi connectivity index (χ3n) is 7.37. The second kappa shape index (κ2) is 11.2. The molecular weight excluding hydrogens is 548 g/mol. The Morgan fingerprint density at radius 3 is 2.12 bits per heavy atom. The summed E-state index contributed by atoms with van der Waals surface area (Å²) in [6.45, 7) is 0.776. The van der Waals surface area contributed by atoms with E-state index in [1.807, 2.05) is 0 Å². The van der Waals surface area contributed by atoms with Crippen molar-refractivity contribution in [3.63, 3.8) is 0 Å². The Bertz CT molecular complexity index is 1450. The zero-order valence-corrected chi connectivity index (χ0v) is 21.5. The molecule has 222 valence electrons. The number of ether oxygens (including phenoxy) is 3. The van der Waals surface area contributed by atoms with Crippen LogP contribution in [0.5, 0.6) is 17.2 Å². The van der Waals surface area contributed by atoms with E-state index in [0.717, 1.165) is 12.1 Å². The maximum atomic E-state index is 13.1. The van der Waals surface area contributed by atoms with Gasteiger partial charge in [-0.25, -0.2) is 0 Å². The van der Waals surface area contributed by atoms with Gasteiger partial charge in [-0.2, -0.15) is 0 Å². The van der Waals surface area contributed by atoms with Gasteiger partial charge >= 0.3 is 0 Å². The molecule has 1 aromatic heterocycles. The molecule has 14 heteroatoms. The summed E-state index contributed by atoms with van der Waals surface area (Å²) in [7, 11) is 0. The SMILES string of the molecule is C[C@@H]1O[C@H](Oc2ccc(-c3cc(=O)c4c(O)cc(O)c([C@@H]5O[C@H](CO)[C@@H](O)[C@H](O)[C@H]5O)c4o3)cc2)[C@H](O)[C@H](O)[C@H]1O. The monoisotopic (exact) mass is 578 g/mol. The number of aliphatic hydroxyl groups excluding tert-OH is 7. The first-order valence-corrected chi connectivity index (χ1v) is 12.7. The van der Waals surface area contributed by atoms with E-state index in [1.165, 1.54) is 31.2 Å². The van der Waals surface area contributed by atoms with Crippen LogP contribution in [0.2, 0.25) is 0 Å². The van der Waals surface area contributed by atoms with Crippen LogP contribution in [0.1, 0.15) is 18.6 Å². The van der Waals surface area contributed by atoms with E-state index >= 15 is 0 Å². The van der Waals surface area contributed by atoms with Gasteiger partial charge in [-0.1, -0.05) is 0 Å². The lowest BCUT2D eigenvalue weighted by atomic mass is 9.89. The number of fused-ring (bicyclic) bond motifs is 1. The third-order valence-corrected chi connectivity index (χ3v) is 7.37. The average molecular weight is 579 g/mol. The average Bonchev–Trinajstić information content (AvgIpc) is 2.94. The van der Waals surface area contributed by atoms with Crippen LogP contribution in [0.15, 0.2) is 45.6 Å². The molecule has 5 rings (SSSR count). The molecule has 0 bridgehead atoms. The van der Waals surface area contributed by atoms with Gasteiger partial charge in [0.25, 0.3) is 0 Å². The first-order valence-electron chi connectivity index (χ1n) is 12.7. The molecule has 3 aromatic rings. The molecule has 2 saturated heterocycles. The van der Waals surface area contributed by atoms with Crippen molar-refractivity contribution in [1.29, 1.82) is 0 Å². The molecule has 2 aliphatic heterocycles. The van der Waals surface area contributed by atoms with Crippen LogP contribution in [0.4, 0.5) is 0 Å². The summed E-state index contributed by atoms with van der Waals surface area (Å²) in [5.74, 6) is -1.10. The predicted octanol–water partition coefficient (Wildman–Crippen LogP) is -1.41. The molecule has 0 radical (unpaired) electrons. The lowest BCUT2D eigenvalue weighted by molar-refractivity contribution is -0.268. The van der Waals surface area contributed by atoms with Gasteiger partial charge in [0.2, 0.25) is 6.29 Å². The topological polar surface area (TPSA) is 240 Å². The van der Waals surface area contributed by atoms with Crippen molar-refractivity contribution in [2.24, 2.45) is 0 Å². The molecule has 0 unspecified atom stereocenters. The highest BCUT2D eigenvalue weighted by atomic mass is 16.7. The van der Waals surface area contributed by atoms with Crippen molar-refractivity contribution in [3.8, 4) is 28.6 Å². The van der Waals surface area contributed by atoms with Crippen LogP contribution in [0, 0.1) is 0 Å². The fourth-order valence-electron chi connectivity index (χ4n) is 5.02. The van der Waals surface area contributed by atoms with Crippen molar-refractivity contribution in [2.45, 2.75) is 68.1 Å². The van der Waals surface area contributed by atoms with Crippen LogP contribution in [0.3, 0.4) is 0 Å². The van der Waals surface area contributed by atoms with Gasteiger partial charge in [-0.15, -0.1) is 0 Å². The molecular formula is C27H30O14. The number of hydrogen-bond donors (Lipinski definition) is 9. The van der Waals surface area contributed by atoms with Crippen molar-refractivity contribution >= 4 is 11.0 Å². The quantitative estimate of drug-likeness (QED) is 0.169. The van der Waals surface area contributed by atoms with Gasteiger partial charge in [0.05, 0.1) is 18.3 Å². The molecule has 2 aliphatic rings. The van der Waals surface area contributed by atoms with E-state index in [4.69, 9.17) is 18.6 Å². The van der Waals surface area contributed by atoms with E-state index in [-0.39, 0.29) is 28.0 Å². The summed E-state index contributed by atoms with van der Waals surface area (Å²) in [6.07, 6.45) is -14.5. The summed E-state index contributed by atoms with van der Waals surface area (Å²) >= 11 is 0. The predicted molar refractivity (Wildman–Crippen MR) is 137 cm³/mol. The number of phenols is 2. The Morgan fingerprint density at radius 1 is 0.805 bits per heavy atom. The van der Waals surface area contributed by atoms with Crippen molar-refractivity contribution in [2.75, 3.05) is 6.61 Å². The van der Waals surface area contributed by atoms with Crippen LogP contribution < -0.4 is 10.2 Å². The number of aliphatic hydroxyl groups is 7. The largest absolute Gasteiger partial charge is 0.507 e. The lowest BCUT2D eigenvalue weighted by Gasteiger charge is -2.40. The highest BCUT2D eigenvalue weighted by molar-refractivity contribution is 5.89. The zero-order chi connectivity index (χ0) is 29.7. The molecule has 3 heterocycles. The second-order valence-corrected chi connectivity index (χ2v) is 10.1. The summed E-state index contributed by atoms with van der Waals surface area (Å²) in [4.78, 5) is 13.1. The second-order valence-electron chi connectivity index (χ2n) is 10.1. The number of phenolic OH excluding ortho intramolecular Hbond substituents is 2. The molecule has 2 fully saturated rings. The van der Waals surface area contributed by atoms with Crippen LogP contribution >= 0.6 is 0 Å². The van der Waals surface area contributed by atoms with E-state index in [1.54, 1.807) is 0 Å². The maximum absolute atomic E-state index is 13.1. The Kier molecular flexibility index (Phi) is 7.95. The van der Waals surface area contributed by atoms with Gasteiger partial charge in [-0.3, -0.25) is 4.79 Å². The Labute approximate surface area is 231 Å². The fraction of sp³-hybridized carbons (Fsp3) is 0.444. The number of hydrogen-bond acceptors (Lipinski definition) is 14. The molecule has 0 amide bonds. The van der Waals surface area contributed by atoms with E-state index in [2.05, 4.69) is 0 Å². The molecule has 0 saturated carbocycles. The number of aromatic hydroxyl groups is 2. The maximum Gasteiger partial charge on any atom is 0.229 e. The fourth-order valence-corrected chi connectivity index (χ4v) is 5.02. The summed E-state index contributed by atoms with van der Waals surface area (Å²) in [5.41, 5.74) is -1.06. The highest BCUT2D eigenvalue weighted by Gasteiger charge is 2.46. The third kappa shape index (κ3) is 5.14. The van der Waals surface area contributed by atoms with E-state index in [9.17, 15) is 50.8 Å². The minimum Gasteiger partial charge on any atom is -0.507 e. The van der Waals surface area contributed by atoms with Crippen molar-refractivity contribution in [1.82, 2.24) is 0 Å². The van der Waals surface area contributed by atoms with E-state index < -0.39 is 84.8 Å². The summed E-state index contributed by atoms with van der Waals surface area (Å²) in [6, 6.07) is 7.81. The van der Waals surface area contributed by atoms with Gasteiger partial charge in [-0.05, 0) is 31.2 Å². The first kappa shape index (κ1) is 29.2. The van der Waals surface area contributed by atoms with Gasteiger partial charge in [0, 0.05) is 17.7 Å². The Morgan fingerprint density at radius 2 is 1.46 bits per heavy atom. The summed E-state index contributed by atoms with van der Waals surface area (Å²) in [5, 5.41) is 91.4. The van der Waals surface area contributed by atoms with Gasteiger partial charge < -0.3 is 64.6 Å². The first-order chi connectivity index (χ1) is 19.4. The number of rotatable bonds is 5. The molecule has 41 heavy (non-hydrogen) atoms. The normalized spacial score (nSPS) is 34.0. The van der Waals surface area contributed by atoms with Crippen LogP contribution in [-0.4, -0.2) is 108 Å². The van der Waals surface area contributed by atoms with Crippen LogP contribution in [0.25, 0.3) is 22.3 Å². The molecule has 14 nitrogen and oxygen atoms in total. The lowest BCUT2D eigenvalue weighted by Crippen LogP contribution is -2.58. The molecule has 0 spiro atoms. The van der Waals surface area contributed by atoms with Crippen molar-refractivity contribution in [3.05, 3.63) is 52.2 Å². The molecule has 2 aromatic carbocycles. The Balaban J connectivity index is 1.51. The molecule has 9 N–H and O–H groups in total. The Hall–Kier alpha value is -3.31. The smallest absolute Gasteiger partial charge is 0.229 e. The van der Waals surface area contributed by atoms with Crippen molar-refractivity contribution < 1.29 is 64.6 Å². The highest BCUT2D eigenvalue weighted by Crippen LogP contribution is 2.43. The minimum atomic E-state index is -1.81. The zero-order valence-electron chi connectivity index (χ0n) is 21.5. The summed E-state index contributed by atoms with van der Waals surface area (Å²) < 4.78 is 22.5. The van der Waals surface area contributed by atoms with Crippen LogP contribution in [-0.2, 0) is 9.47 Å². The number of benzene rings is 2. The molecule has 0 aliphatic carbocycles. The minimum absolute atomic E-state index is 0.0361. The molecule has 10 atom stereocenters. The van der Waals surface area contributed by atoms with Gasteiger partial charge in [0.15, 0.2) is 11.0 Å². The van der Waals surface area contributed by atoms with E-state index in [0.29, 0.717) is 5.56 Å². The van der Waals surface area contributed by atoms with Gasteiger partial charge in [0.1, 0.15) is 77.2 Å².